The molecule has 3 atom stereocenters. The zero-order chi connectivity index (χ0) is 33.9. The summed E-state index contributed by atoms with van der Waals surface area (Å²) < 4.78 is 0. The highest BCUT2D eigenvalue weighted by Gasteiger charge is 2.21. The molecule has 3 N–H and O–H groups in total. The lowest BCUT2D eigenvalue weighted by Crippen LogP contribution is -2.35. The number of rotatable bonds is 24. The summed E-state index contributed by atoms with van der Waals surface area (Å²) in [6, 6.07) is 4.71. The molecule has 1 aromatic rings. The van der Waals surface area contributed by atoms with E-state index in [0.717, 1.165) is 38.5 Å². The summed E-state index contributed by atoms with van der Waals surface area (Å²) in [5.74, 6) is 2.64. The van der Waals surface area contributed by atoms with E-state index in [1.165, 1.54) is 44.6 Å². The van der Waals surface area contributed by atoms with Gasteiger partial charge in [0.15, 0.2) is 0 Å². The van der Waals surface area contributed by atoms with Gasteiger partial charge in [-0.1, -0.05) is 120 Å². The molecule has 0 fully saturated rings. The average Bonchev–Trinajstić information content (AvgIpc) is 2.95. The minimum Gasteiger partial charge on any atom is -0.366 e. The highest BCUT2D eigenvalue weighted by Crippen LogP contribution is 2.21. The summed E-state index contributed by atoms with van der Waals surface area (Å²) >= 11 is 0. The molecule has 0 bridgehead atoms. The van der Waals surface area contributed by atoms with Gasteiger partial charge in [0.2, 0.25) is 5.91 Å². The number of primary amides is 1. The Hall–Kier alpha value is -2.37. The summed E-state index contributed by atoms with van der Waals surface area (Å²) in [7, 11) is 0. The Labute approximate surface area is 277 Å². The number of carbonyl (C=O) groups excluding carboxylic acids is 3. The summed E-state index contributed by atoms with van der Waals surface area (Å²) in [6.45, 7) is 22.2. The molecule has 0 aromatic heterocycles. The van der Waals surface area contributed by atoms with Crippen LogP contribution < -0.4 is 11.1 Å². The first kappa shape index (κ1) is 40.7. The van der Waals surface area contributed by atoms with Crippen LogP contribution in [0, 0.1) is 35.5 Å². The lowest BCUT2D eigenvalue weighted by molar-refractivity contribution is 0.0736. The van der Waals surface area contributed by atoms with Crippen LogP contribution in [0.4, 0.5) is 0 Å². The van der Waals surface area contributed by atoms with Gasteiger partial charge in [-0.15, -0.1) is 0 Å². The monoisotopic (exact) mass is 628 g/mol. The van der Waals surface area contributed by atoms with Crippen LogP contribution in [0.2, 0.25) is 0 Å². The molecule has 3 unspecified atom stereocenters. The Balaban J connectivity index is 3.03. The molecular formula is C39H69N3O3. The molecule has 0 radical (unpaired) electrons. The Morgan fingerprint density at radius 3 is 1.40 bits per heavy atom. The predicted molar refractivity (Wildman–Crippen MR) is 191 cm³/mol. The number of hydrogen-bond donors (Lipinski definition) is 2. The summed E-state index contributed by atoms with van der Waals surface area (Å²) in [6.07, 6.45) is 13.5. The van der Waals surface area contributed by atoms with Crippen LogP contribution in [0.5, 0.6) is 0 Å². The van der Waals surface area contributed by atoms with E-state index < -0.39 is 5.91 Å². The Morgan fingerprint density at radius 1 is 0.578 bits per heavy atom. The van der Waals surface area contributed by atoms with Gasteiger partial charge in [-0.3, -0.25) is 14.4 Å². The van der Waals surface area contributed by atoms with Crippen molar-refractivity contribution in [2.24, 2.45) is 41.2 Å². The second kappa shape index (κ2) is 22.2. The molecule has 0 spiro atoms. The van der Waals surface area contributed by atoms with Crippen LogP contribution in [0.1, 0.15) is 170 Å². The Morgan fingerprint density at radius 2 is 0.978 bits per heavy atom. The highest BCUT2D eigenvalue weighted by atomic mass is 16.2. The molecule has 45 heavy (non-hydrogen) atoms. The zero-order valence-electron chi connectivity index (χ0n) is 30.6. The highest BCUT2D eigenvalue weighted by molar-refractivity contribution is 6.04. The lowest BCUT2D eigenvalue weighted by Gasteiger charge is -2.26. The number of hydrogen-bond acceptors (Lipinski definition) is 3. The number of nitrogens with two attached hydrogens (primary N) is 1. The maximum Gasteiger partial charge on any atom is 0.253 e. The first-order valence-corrected chi connectivity index (χ1v) is 18.2. The van der Waals surface area contributed by atoms with Crippen molar-refractivity contribution in [1.29, 1.82) is 0 Å². The van der Waals surface area contributed by atoms with Crippen molar-refractivity contribution in [2.45, 2.75) is 139 Å². The fourth-order valence-electron chi connectivity index (χ4n) is 5.87. The fraction of sp³-hybridized carbons (Fsp3) is 0.769. The van der Waals surface area contributed by atoms with Crippen LogP contribution >= 0.6 is 0 Å². The molecule has 6 heteroatoms. The van der Waals surface area contributed by atoms with Crippen molar-refractivity contribution in [3.8, 4) is 0 Å². The molecule has 1 aromatic carbocycles. The summed E-state index contributed by atoms with van der Waals surface area (Å²) in [4.78, 5) is 41.4. The van der Waals surface area contributed by atoms with Crippen LogP contribution in [0.25, 0.3) is 0 Å². The molecule has 1 rings (SSSR count). The number of amides is 3. The minimum atomic E-state index is -0.637. The first-order valence-electron chi connectivity index (χ1n) is 18.2. The second-order valence-corrected chi connectivity index (χ2v) is 15.4. The Bertz CT molecular complexity index is 979. The number of nitrogens with zero attached hydrogens (tertiary/aromatic N) is 1. The van der Waals surface area contributed by atoms with E-state index in [9.17, 15) is 14.4 Å². The molecular weight excluding hydrogens is 558 g/mol. The number of benzene rings is 1. The van der Waals surface area contributed by atoms with Crippen LogP contribution in [-0.2, 0) is 0 Å². The van der Waals surface area contributed by atoms with Crippen molar-refractivity contribution in [2.75, 3.05) is 19.6 Å². The number of carbonyl (C=O) groups is 3. The van der Waals surface area contributed by atoms with Crippen molar-refractivity contribution in [3.05, 3.63) is 34.9 Å². The first-order chi connectivity index (χ1) is 21.2. The van der Waals surface area contributed by atoms with Gasteiger partial charge in [0, 0.05) is 36.3 Å². The van der Waals surface area contributed by atoms with E-state index in [0.29, 0.717) is 66.3 Å². The van der Waals surface area contributed by atoms with Crippen LogP contribution in [0.3, 0.4) is 0 Å². The zero-order valence-corrected chi connectivity index (χ0v) is 30.6. The molecule has 0 heterocycles. The normalized spacial score (nSPS) is 13.7. The van der Waals surface area contributed by atoms with E-state index in [1.54, 1.807) is 12.1 Å². The minimum absolute atomic E-state index is 0.130. The SMILES string of the molecule is CC(C)CCCC(C)CCNC(=O)c1cc(C(N)=O)cc(C(=O)N(CCC(C)CCCC(C)C)CCC(C)CCCC(C)C)c1. The molecule has 3 amide bonds. The predicted octanol–water partition coefficient (Wildman–Crippen LogP) is 9.52. The molecule has 0 saturated carbocycles. The standard InChI is InChI=1S/C39H69N3O3/c1-28(2)13-10-16-31(7)19-22-41-38(44)35-25-34(37(40)43)26-36(27-35)39(45)42(23-20-32(8)17-11-14-29(3)4)24-21-33(9)18-12-15-30(5)6/h25-33H,10-24H2,1-9H3,(H2,40,43)(H,41,44). The number of nitrogens with one attached hydrogen (secondary N) is 1. The third-order valence-corrected chi connectivity index (χ3v) is 9.16. The lowest BCUT2D eigenvalue weighted by atomic mass is 9.95. The van der Waals surface area contributed by atoms with E-state index in [-0.39, 0.29) is 17.4 Å². The maximum atomic E-state index is 14.0. The van der Waals surface area contributed by atoms with Gasteiger partial charge in [-0.05, 0) is 73.0 Å². The third-order valence-electron chi connectivity index (χ3n) is 9.16. The summed E-state index contributed by atoms with van der Waals surface area (Å²) in [5.41, 5.74) is 6.53. The van der Waals surface area contributed by atoms with Gasteiger partial charge in [-0.25, -0.2) is 0 Å². The fourth-order valence-corrected chi connectivity index (χ4v) is 5.87. The Kier molecular flexibility index (Phi) is 20.1. The molecule has 0 aliphatic heterocycles. The molecule has 0 aliphatic rings. The van der Waals surface area contributed by atoms with Crippen molar-refractivity contribution in [1.82, 2.24) is 10.2 Å². The molecule has 0 aliphatic carbocycles. The van der Waals surface area contributed by atoms with Gasteiger partial charge in [0.1, 0.15) is 0 Å². The van der Waals surface area contributed by atoms with Crippen molar-refractivity contribution in [3.63, 3.8) is 0 Å². The van der Waals surface area contributed by atoms with Gasteiger partial charge in [-0.2, -0.15) is 0 Å². The second-order valence-electron chi connectivity index (χ2n) is 15.4. The maximum absolute atomic E-state index is 14.0. The summed E-state index contributed by atoms with van der Waals surface area (Å²) in [5, 5.41) is 3.01. The topological polar surface area (TPSA) is 92.5 Å². The molecule has 0 saturated heterocycles. The quantitative estimate of drug-likeness (QED) is 0.120. The van der Waals surface area contributed by atoms with Crippen molar-refractivity contribution >= 4 is 17.7 Å². The molecule has 258 valence electrons. The van der Waals surface area contributed by atoms with E-state index in [1.807, 2.05) is 4.90 Å². The van der Waals surface area contributed by atoms with E-state index >= 15 is 0 Å². The van der Waals surface area contributed by atoms with E-state index in [2.05, 4.69) is 67.6 Å². The smallest absolute Gasteiger partial charge is 0.253 e. The van der Waals surface area contributed by atoms with Gasteiger partial charge in [0.25, 0.3) is 11.8 Å². The van der Waals surface area contributed by atoms with Gasteiger partial charge in [0.05, 0.1) is 0 Å². The van der Waals surface area contributed by atoms with Crippen LogP contribution in [0.15, 0.2) is 18.2 Å². The van der Waals surface area contributed by atoms with Gasteiger partial charge >= 0.3 is 0 Å². The largest absolute Gasteiger partial charge is 0.366 e. The molecule has 6 nitrogen and oxygen atoms in total. The van der Waals surface area contributed by atoms with E-state index in [4.69, 9.17) is 5.73 Å². The van der Waals surface area contributed by atoms with Crippen LogP contribution in [-0.4, -0.2) is 42.3 Å². The average molecular weight is 628 g/mol. The van der Waals surface area contributed by atoms with Crippen molar-refractivity contribution < 1.29 is 14.4 Å². The van der Waals surface area contributed by atoms with Gasteiger partial charge < -0.3 is 16.0 Å². The third kappa shape index (κ3) is 18.4.